The van der Waals surface area contributed by atoms with Crippen molar-refractivity contribution in [2.75, 3.05) is 20.1 Å². The minimum absolute atomic E-state index is 0.0150. The number of halogens is 1. The smallest absolute Gasteiger partial charge is 0.263 e. The molecule has 1 unspecified atom stereocenters. The van der Waals surface area contributed by atoms with E-state index in [9.17, 15) is 4.79 Å². The van der Waals surface area contributed by atoms with Gasteiger partial charge in [0, 0.05) is 25.0 Å². The minimum atomic E-state index is -0.456. The van der Waals surface area contributed by atoms with Crippen molar-refractivity contribution in [3.05, 3.63) is 28.8 Å². The maximum atomic E-state index is 12.4. The second kappa shape index (κ2) is 5.62. The molecule has 0 saturated carbocycles. The minimum Gasteiger partial charge on any atom is -0.480 e. The molecule has 1 aromatic rings. The highest BCUT2D eigenvalue weighted by atomic mass is 35.5. The van der Waals surface area contributed by atoms with Gasteiger partial charge in [0.25, 0.3) is 5.91 Å². The van der Waals surface area contributed by atoms with Crippen LogP contribution in [0.1, 0.15) is 19.4 Å². The van der Waals surface area contributed by atoms with Crippen LogP contribution in [0.4, 0.5) is 0 Å². The largest absolute Gasteiger partial charge is 0.480 e. The fourth-order valence-corrected chi connectivity index (χ4v) is 2.58. The van der Waals surface area contributed by atoms with E-state index in [1.54, 1.807) is 18.0 Å². The molecule has 1 aliphatic heterocycles. The lowest BCUT2D eigenvalue weighted by Gasteiger charge is -2.30. The average Bonchev–Trinajstić information content (AvgIpc) is 2.80. The molecule has 2 N–H and O–H groups in total. The fraction of sp³-hybridized carbons (Fsp3) is 0.533. The summed E-state index contributed by atoms with van der Waals surface area (Å²) in [6, 6.07) is 5.44. The zero-order valence-electron chi connectivity index (χ0n) is 12.1. The highest BCUT2D eigenvalue weighted by Crippen LogP contribution is 2.31. The Labute approximate surface area is 124 Å². The number of hydrogen-bond acceptors (Lipinski definition) is 3. The third kappa shape index (κ3) is 3.25. The molecule has 0 bridgehead atoms. The first-order valence-corrected chi connectivity index (χ1v) is 7.10. The Morgan fingerprint density at radius 1 is 1.55 bits per heavy atom. The SMILES string of the molecule is CN(CC(C)(C)CN)C(=O)C1Cc2cc(Cl)ccc2O1. The molecule has 0 aliphatic carbocycles. The van der Waals surface area contributed by atoms with Gasteiger partial charge in [-0.3, -0.25) is 4.79 Å². The molecule has 0 aromatic heterocycles. The fourth-order valence-electron chi connectivity index (χ4n) is 2.39. The number of ether oxygens (including phenoxy) is 1. The quantitative estimate of drug-likeness (QED) is 0.925. The Hall–Kier alpha value is -1.26. The van der Waals surface area contributed by atoms with Crippen molar-refractivity contribution >= 4 is 17.5 Å². The number of nitrogens with zero attached hydrogens (tertiary/aromatic N) is 1. The van der Waals surface area contributed by atoms with E-state index in [0.29, 0.717) is 24.5 Å². The molecule has 0 radical (unpaired) electrons. The molecule has 0 saturated heterocycles. The number of benzene rings is 1. The van der Waals surface area contributed by atoms with E-state index in [-0.39, 0.29) is 11.3 Å². The number of rotatable bonds is 4. The van der Waals surface area contributed by atoms with Crippen molar-refractivity contribution in [1.82, 2.24) is 4.90 Å². The van der Waals surface area contributed by atoms with Gasteiger partial charge in [0.2, 0.25) is 0 Å². The molecule has 1 aliphatic rings. The second-order valence-electron chi connectivity index (χ2n) is 6.13. The van der Waals surface area contributed by atoms with Gasteiger partial charge in [-0.05, 0) is 35.7 Å². The molecule has 110 valence electrons. The lowest BCUT2D eigenvalue weighted by molar-refractivity contribution is -0.137. The second-order valence-corrected chi connectivity index (χ2v) is 6.56. The van der Waals surface area contributed by atoms with Crippen LogP contribution in [0, 0.1) is 5.41 Å². The first-order valence-electron chi connectivity index (χ1n) is 6.72. The van der Waals surface area contributed by atoms with Gasteiger partial charge in [-0.2, -0.15) is 0 Å². The van der Waals surface area contributed by atoms with Crippen LogP contribution < -0.4 is 10.5 Å². The summed E-state index contributed by atoms with van der Waals surface area (Å²) in [5, 5.41) is 0.665. The molecule has 1 amide bonds. The van der Waals surface area contributed by atoms with E-state index in [1.165, 1.54) is 0 Å². The van der Waals surface area contributed by atoms with Gasteiger partial charge in [0.05, 0.1) is 0 Å². The summed E-state index contributed by atoms with van der Waals surface area (Å²) in [6.07, 6.45) is 0.115. The molecule has 0 spiro atoms. The molecule has 1 atom stereocenters. The molecule has 0 fully saturated rings. The highest BCUT2D eigenvalue weighted by Gasteiger charge is 2.33. The predicted octanol–water partition coefficient (Wildman–Crippen LogP) is 2.09. The number of fused-ring (bicyclic) bond motifs is 1. The van der Waals surface area contributed by atoms with Crippen LogP contribution in [0.2, 0.25) is 5.02 Å². The summed E-state index contributed by atoms with van der Waals surface area (Å²) in [6.45, 7) is 5.23. The normalized spacial score (nSPS) is 17.6. The van der Waals surface area contributed by atoms with E-state index >= 15 is 0 Å². The van der Waals surface area contributed by atoms with E-state index in [1.807, 2.05) is 26.0 Å². The summed E-state index contributed by atoms with van der Waals surface area (Å²) in [5.74, 6) is 0.734. The third-order valence-corrected chi connectivity index (χ3v) is 3.80. The van der Waals surface area contributed by atoms with Crippen LogP contribution in [-0.2, 0) is 11.2 Å². The Bertz CT molecular complexity index is 517. The summed E-state index contributed by atoms with van der Waals surface area (Å²) >= 11 is 5.95. The Balaban J connectivity index is 2.02. The van der Waals surface area contributed by atoms with Gasteiger partial charge in [-0.15, -0.1) is 0 Å². The number of hydrogen-bond donors (Lipinski definition) is 1. The van der Waals surface area contributed by atoms with Gasteiger partial charge in [-0.25, -0.2) is 0 Å². The van der Waals surface area contributed by atoms with E-state index in [0.717, 1.165) is 11.3 Å². The summed E-state index contributed by atoms with van der Waals surface area (Å²) in [5.41, 5.74) is 6.60. The average molecular weight is 297 g/mol. The van der Waals surface area contributed by atoms with Crippen molar-refractivity contribution < 1.29 is 9.53 Å². The van der Waals surface area contributed by atoms with Crippen LogP contribution in [0.3, 0.4) is 0 Å². The van der Waals surface area contributed by atoms with Crippen LogP contribution in [-0.4, -0.2) is 37.0 Å². The van der Waals surface area contributed by atoms with Gasteiger partial charge < -0.3 is 15.4 Å². The third-order valence-electron chi connectivity index (χ3n) is 3.57. The summed E-state index contributed by atoms with van der Waals surface area (Å²) < 4.78 is 5.71. The monoisotopic (exact) mass is 296 g/mol. The van der Waals surface area contributed by atoms with Gasteiger partial charge in [0.15, 0.2) is 6.10 Å². The number of carbonyl (C=O) groups excluding carboxylic acids is 1. The van der Waals surface area contributed by atoms with Crippen LogP contribution in [0.5, 0.6) is 5.75 Å². The molecular weight excluding hydrogens is 276 g/mol. The van der Waals surface area contributed by atoms with Crippen molar-refractivity contribution in [1.29, 1.82) is 0 Å². The molecular formula is C15H21ClN2O2. The molecule has 1 aromatic carbocycles. The zero-order chi connectivity index (χ0) is 14.9. The van der Waals surface area contributed by atoms with Crippen LogP contribution in [0.15, 0.2) is 18.2 Å². The van der Waals surface area contributed by atoms with Gasteiger partial charge >= 0.3 is 0 Å². The van der Waals surface area contributed by atoms with E-state index in [2.05, 4.69) is 0 Å². The number of nitrogens with two attached hydrogens (primary N) is 1. The van der Waals surface area contributed by atoms with E-state index in [4.69, 9.17) is 22.1 Å². The van der Waals surface area contributed by atoms with Gasteiger partial charge in [-0.1, -0.05) is 25.4 Å². The van der Waals surface area contributed by atoms with E-state index < -0.39 is 6.10 Å². The highest BCUT2D eigenvalue weighted by molar-refractivity contribution is 6.30. The van der Waals surface area contributed by atoms with Crippen molar-refractivity contribution in [3.8, 4) is 5.75 Å². The maximum Gasteiger partial charge on any atom is 0.263 e. The van der Waals surface area contributed by atoms with Crippen LogP contribution in [0.25, 0.3) is 0 Å². The molecule has 2 rings (SSSR count). The standard InChI is InChI=1S/C15H21ClN2O2/c1-15(2,8-17)9-18(3)14(19)13-7-10-6-11(16)4-5-12(10)20-13/h4-6,13H,7-9,17H2,1-3H3. The first-order chi connectivity index (χ1) is 9.32. The summed E-state index contributed by atoms with van der Waals surface area (Å²) in [7, 11) is 1.79. The molecule has 1 heterocycles. The summed E-state index contributed by atoms with van der Waals surface area (Å²) in [4.78, 5) is 14.1. The topological polar surface area (TPSA) is 55.6 Å². The van der Waals surface area contributed by atoms with Crippen molar-refractivity contribution in [2.45, 2.75) is 26.4 Å². The predicted molar refractivity (Wildman–Crippen MR) is 80.0 cm³/mol. The molecule has 4 nitrogen and oxygen atoms in total. The zero-order valence-corrected chi connectivity index (χ0v) is 12.9. The number of likely N-dealkylation sites (N-methyl/N-ethyl adjacent to an activating group) is 1. The lowest BCUT2D eigenvalue weighted by Crippen LogP contribution is -2.45. The van der Waals surface area contributed by atoms with Crippen LogP contribution >= 0.6 is 11.6 Å². The lowest BCUT2D eigenvalue weighted by atomic mass is 9.93. The number of amides is 1. The Morgan fingerprint density at radius 3 is 2.90 bits per heavy atom. The van der Waals surface area contributed by atoms with Gasteiger partial charge in [0.1, 0.15) is 5.75 Å². The molecule has 20 heavy (non-hydrogen) atoms. The van der Waals surface area contributed by atoms with Crippen molar-refractivity contribution in [2.24, 2.45) is 11.1 Å². The van der Waals surface area contributed by atoms with Crippen molar-refractivity contribution in [3.63, 3.8) is 0 Å². The first kappa shape index (κ1) is 15.1. The molecule has 5 heteroatoms. The Morgan fingerprint density at radius 2 is 2.25 bits per heavy atom. The Kier molecular flexibility index (Phi) is 4.25. The maximum absolute atomic E-state index is 12.4. The number of carbonyl (C=O) groups is 1.